The third kappa shape index (κ3) is 2.65. The molecule has 7 nitrogen and oxygen atoms in total. The Morgan fingerprint density at radius 3 is 2.80 bits per heavy atom. The van der Waals surface area contributed by atoms with Crippen LogP contribution in [0.5, 0.6) is 0 Å². The first-order valence-electron chi connectivity index (χ1n) is 7.81. The molecule has 0 aliphatic carbocycles. The second kappa shape index (κ2) is 5.86. The van der Waals surface area contributed by atoms with E-state index in [9.17, 15) is 4.79 Å². The van der Waals surface area contributed by atoms with E-state index in [4.69, 9.17) is 0 Å². The number of nitrogens with zero attached hydrogens (tertiary/aromatic N) is 5. The van der Waals surface area contributed by atoms with Gasteiger partial charge in [-0.25, -0.2) is 9.67 Å². The quantitative estimate of drug-likeness (QED) is 0.624. The van der Waals surface area contributed by atoms with E-state index in [1.165, 1.54) is 4.68 Å². The Morgan fingerprint density at radius 1 is 1.12 bits per heavy atom. The van der Waals surface area contributed by atoms with Gasteiger partial charge in [0.1, 0.15) is 0 Å². The molecular formula is C18H16N6O. The van der Waals surface area contributed by atoms with Crippen molar-refractivity contribution in [3.63, 3.8) is 0 Å². The van der Waals surface area contributed by atoms with Crippen LogP contribution in [0, 0.1) is 6.92 Å². The molecule has 4 aromatic rings. The number of nitrogens with one attached hydrogen (secondary N) is 1. The summed E-state index contributed by atoms with van der Waals surface area (Å²) in [5.41, 5.74) is 3.15. The minimum Gasteiger partial charge on any atom is -0.354 e. The predicted molar refractivity (Wildman–Crippen MR) is 96.4 cm³/mol. The van der Waals surface area contributed by atoms with Crippen molar-refractivity contribution in [2.75, 3.05) is 5.32 Å². The zero-order chi connectivity index (χ0) is 17.4. The molecule has 0 fully saturated rings. The van der Waals surface area contributed by atoms with Crippen LogP contribution in [0.15, 0.2) is 60.0 Å². The summed E-state index contributed by atoms with van der Waals surface area (Å²) in [4.78, 5) is 20.4. The predicted octanol–water partition coefficient (Wildman–Crippen LogP) is 2.57. The van der Waals surface area contributed by atoms with E-state index >= 15 is 0 Å². The van der Waals surface area contributed by atoms with E-state index in [1.54, 1.807) is 38.8 Å². The van der Waals surface area contributed by atoms with Crippen molar-refractivity contribution < 1.29 is 0 Å². The molecule has 7 heteroatoms. The fourth-order valence-electron chi connectivity index (χ4n) is 2.77. The van der Waals surface area contributed by atoms with E-state index in [1.807, 2.05) is 35.0 Å². The molecule has 0 atom stereocenters. The average molecular weight is 332 g/mol. The van der Waals surface area contributed by atoms with E-state index in [-0.39, 0.29) is 5.56 Å². The lowest BCUT2D eigenvalue weighted by molar-refractivity contribution is 0.702. The van der Waals surface area contributed by atoms with Gasteiger partial charge in [0.15, 0.2) is 5.82 Å². The molecule has 0 bridgehead atoms. The number of anilines is 2. The van der Waals surface area contributed by atoms with Gasteiger partial charge >= 0.3 is 0 Å². The standard InChI is InChI=1S/C18H16N6O/c1-12-15(10-21-23(2)18(12)25)22-14-3-4-16-13(9-14)5-8-24(16)17-11-19-6-7-20-17/h3-11,22H,1-2H3. The van der Waals surface area contributed by atoms with Crippen molar-refractivity contribution >= 4 is 22.3 Å². The van der Waals surface area contributed by atoms with Crippen LogP contribution in [0.4, 0.5) is 11.4 Å². The first-order valence-corrected chi connectivity index (χ1v) is 7.81. The normalized spacial score (nSPS) is 11.0. The van der Waals surface area contributed by atoms with Gasteiger partial charge in [0.25, 0.3) is 5.56 Å². The highest BCUT2D eigenvalue weighted by molar-refractivity contribution is 5.86. The fraction of sp³-hybridized carbons (Fsp3) is 0.111. The maximum atomic E-state index is 12.0. The lowest BCUT2D eigenvalue weighted by Crippen LogP contribution is -2.22. The highest BCUT2D eigenvalue weighted by atomic mass is 16.1. The van der Waals surface area contributed by atoms with Crippen LogP contribution in [-0.2, 0) is 7.05 Å². The summed E-state index contributed by atoms with van der Waals surface area (Å²) in [6.07, 6.45) is 8.66. The van der Waals surface area contributed by atoms with Gasteiger partial charge in [0.05, 0.1) is 23.6 Å². The Morgan fingerprint density at radius 2 is 2.00 bits per heavy atom. The Kier molecular flexibility index (Phi) is 3.53. The summed E-state index contributed by atoms with van der Waals surface area (Å²) in [5, 5.41) is 8.39. The molecule has 3 heterocycles. The number of fused-ring (bicyclic) bond motifs is 1. The average Bonchev–Trinajstić information content (AvgIpc) is 3.06. The molecule has 0 spiro atoms. The number of aromatic nitrogens is 5. The van der Waals surface area contributed by atoms with Crippen LogP contribution in [0.25, 0.3) is 16.7 Å². The molecule has 124 valence electrons. The number of aryl methyl sites for hydroxylation is 1. The first-order chi connectivity index (χ1) is 12.1. The molecule has 0 radical (unpaired) electrons. The molecule has 1 N–H and O–H groups in total. The summed E-state index contributed by atoms with van der Waals surface area (Å²) < 4.78 is 3.31. The Bertz CT molecular complexity index is 1110. The number of rotatable bonds is 3. The van der Waals surface area contributed by atoms with Gasteiger partial charge in [-0.15, -0.1) is 0 Å². The van der Waals surface area contributed by atoms with Gasteiger partial charge in [-0.1, -0.05) is 0 Å². The van der Waals surface area contributed by atoms with Crippen LogP contribution in [-0.4, -0.2) is 24.3 Å². The van der Waals surface area contributed by atoms with Crippen LogP contribution in [0.1, 0.15) is 5.56 Å². The lowest BCUT2D eigenvalue weighted by atomic mass is 10.2. The van der Waals surface area contributed by atoms with Gasteiger partial charge in [-0.3, -0.25) is 14.3 Å². The monoisotopic (exact) mass is 332 g/mol. The topological polar surface area (TPSA) is 77.6 Å². The summed E-state index contributed by atoms with van der Waals surface area (Å²) in [6.45, 7) is 1.79. The molecule has 25 heavy (non-hydrogen) atoms. The number of hydrogen-bond donors (Lipinski definition) is 1. The van der Waals surface area contributed by atoms with E-state index in [0.29, 0.717) is 11.3 Å². The van der Waals surface area contributed by atoms with Crippen molar-refractivity contribution in [1.29, 1.82) is 0 Å². The minimum atomic E-state index is -0.111. The molecule has 0 unspecified atom stereocenters. The summed E-state index contributed by atoms with van der Waals surface area (Å²) in [5.74, 6) is 0.768. The number of hydrogen-bond acceptors (Lipinski definition) is 5. The minimum absolute atomic E-state index is 0.111. The van der Waals surface area contributed by atoms with Gasteiger partial charge in [-0.2, -0.15) is 5.10 Å². The van der Waals surface area contributed by atoms with Crippen molar-refractivity contribution in [2.45, 2.75) is 6.92 Å². The van der Waals surface area contributed by atoms with E-state index in [0.717, 1.165) is 22.4 Å². The third-order valence-corrected chi connectivity index (χ3v) is 4.14. The summed E-state index contributed by atoms with van der Waals surface area (Å²) >= 11 is 0. The summed E-state index contributed by atoms with van der Waals surface area (Å²) in [6, 6.07) is 8.02. The first kappa shape index (κ1) is 15.1. The molecule has 0 saturated heterocycles. The van der Waals surface area contributed by atoms with Gasteiger partial charge < -0.3 is 5.32 Å². The fourth-order valence-corrected chi connectivity index (χ4v) is 2.77. The Balaban J connectivity index is 1.71. The Hall–Kier alpha value is -3.48. The van der Waals surface area contributed by atoms with Crippen LogP contribution >= 0.6 is 0 Å². The second-order valence-electron chi connectivity index (χ2n) is 5.76. The Labute approximate surface area is 143 Å². The molecular weight excluding hydrogens is 316 g/mol. The smallest absolute Gasteiger partial charge is 0.271 e. The van der Waals surface area contributed by atoms with Crippen LogP contribution < -0.4 is 10.9 Å². The lowest BCUT2D eigenvalue weighted by Gasteiger charge is -2.10. The third-order valence-electron chi connectivity index (χ3n) is 4.14. The largest absolute Gasteiger partial charge is 0.354 e. The second-order valence-corrected chi connectivity index (χ2v) is 5.76. The molecule has 0 aliphatic heterocycles. The number of benzene rings is 1. The molecule has 1 aromatic carbocycles. The van der Waals surface area contributed by atoms with Crippen LogP contribution in [0.2, 0.25) is 0 Å². The molecule has 3 aromatic heterocycles. The van der Waals surface area contributed by atoms with Crippen LogP contribution in [0.3, 0.4) is 0 Å². The summed E-state index contributed by atoms with van der Waals surface area (Å²) in [7, 11) is 1.64. The molecule has 0 aliphatic rings. The van der Waals surface area contributed by atoms with Crippen molar-refractivity contribution in [3.8, 4) is 5.82 Å². The highest BCUT2D eigenvalue weighted by Gasteiger charge is 2.08. The van der Waals surface area contributed by atoms with E-state index < -0.39 is 0 Å². The molecule has 0 saturated carbocycles. The van der Waals surface area contributed by atoms with Gasteiger partial charge in [0.2, 0.25) is 0 Å². The van der Waals surface area contributed by atoms with Gasteiger partial charge in [-0.05, 0) is 31.2 Å². The van der Waals surface area contributed by atoms with Gasteiger partial charge in [0, 0.05) is 42.3 Å². The van der Waals surface area contributed by atoms with Crippen molar-refractivity contribution in [2.24, 2.45) is 7.05 Å². The molecule has 4 rings (SSSR count). The maximum absolute atomic E-state index is 12.0. The SMILES string of the molecule is Cc1c(Nc2ccc3c(ccn3-c3cnccn3)c2)cnn(C)c1=O. The van der Waals surface area contributed by atoms with E-state index in [2.05, 4.69) is 20.4 Å². The maximum Gasteiger partial charge on any atom is 0.271 e. The highest BCUT2D eigenvalue weighted by Crippen LogP contribution is 2.25. The van der Waals surface area contributed by atoms with Crippen molar-refractivity contribution in [1.82, 2.24) is 24.3 Å². The van der Waals surface area contributed by atoms with Crippen molar-refractivity contribution in [3.05, 3.63) is 71.2 Å². The zero-order valence-corrected chi connectivity index (χ0v) is 13.8. The molecule has 0 amide bonds. The zero-order valence-electron chi connectivity index (χ0n) is 13.8.